The van der Waals surface area contributed by atoms with Crippen molar-refractivity contribution < 1.29 is 14.6 Å². The molecular formula is C22H35NO3. The second-order valence-corrected chi connectivity index (χ2v) is 9.53. The number of rotatable bonds is 3. The van der Waals surface area contributed by atoms with Crippen molar-refractivity contribution in [2.24, 2.45) is 23.2 Å². The summed E-state index contributed by atoms with van der Waals surface area (Å²) in [6.07, 6.45) is 11.1. The third-order valence-corrected chi connectivity index (χ3v) is 8.25. The van der Waals surface area contributed by atoms with Gasteiger partial charge in [-0.2, -0.15) is 0 Å². The molecule has 0 radical (unpaired) electrons. The molecule has 3 aliphatic carbocycles. The SMILES string of the molecule is CC1CCC=C2CC3OC(=O)C(CN(C)C4CCCCC4)C3C(O)C21C. The first-order chi connectivity index (χ1) is 12.4. The monoisotopic (exact) mass is 361 g/mol. The summed E-state index contributed by atoms with van der Waals surface area (Å²) in [5.41, 5.74) is 1.12. The fourth-order valence-corrected chi connectivity index (χ4v) is 6.25. The molecule has 0 amide bonds. The Balaban J connectivity index is 1.55. The van der Waals surface area contributed by atoms with E-state index in [1.807, 2.05) is 0 Å². The van der Waals surface area contributed by atoms with Crippen LogP contribution in [0.2, 0.25) is 0 Å². The highest BCUT2D eigenvalue weighted by Crippen LogP contribution is 2.56. The summed E-state index contributed by atoms with van der Waals surface area (Å²) in [5, 5.41) is 11.4. The highest BCUT2D eigenvalue weighted by Gasteiger charge is 2.59. The van der Waals surface area contributed by atoms with Crippen molar-refractivity contribution in [2.45, 2.75) is 83.5 Å². The Hall–Kier alpha value is -0.870. The van der Waals surface area contributed by atoms with Gasteiger partial charge in [0, 0.05) is 30.3 Å². The lowest BCUT2D eigenvalue weighted by molar-refractivity contribution is -0.145. The van der Waals surface area contributed by atoms with Crippen molar-refractivity contribution in [3.05, 3.63) is 11.6 Å². The molecule has 0 bridgehead atoms. The largest absolute Gasteiger partial charge is 0.461 e. The quantitative estimate of drug-likeness (QED) is 0.617. The van der Waals surface area contributed by atoms with E-state index in [1.165, 1.54) is 37.7 Å². The van der Waals surface area contributed by atoms with Crippen LogP contribution in [0.1, 0.15) is 65.2 Å². The number of carbonyl (C=O) groups is 1. The minimum absolute atomic E-state index is 0.0590. The topological polar surface area (TPSA) is 49.8 Å². The molecule has 6 atom stereocenters. The van der Waals surface area contributed by atoms with Gasteiger partial charge < -0.3 is 14.7 Å². The number of hydrogen-bond donors (Lipinski definition) is 1. The molecule has 1 N–H and O–H groups in total. The molecule has 3 fully saturated rings. The number of allylic oxidation sites excluding steroid dienone is 1. The fourth-order valence-electron chi connectivity index (χ4n) is 6.25. The maximum Gasteiger partial charge on any atom is 0.311 e. The molecule has 1 heterocycles. The Labute approximate surface area is 158 Å². The smallest absolute Gasteiger partial charge is 0.311 e. The van der Waals surface area contributed by atoms with Gasteiger partial charge in [-0.15, -0.1) is 0 Å². The van der Waals surface area contributed by atoms with E-state index in [0.29, 0.717) is 12.0 Å². The van der Waals surface area contributed by atoms with E-state index in [-0.39, 0.29) is 29.3 Å². The van der Waals surface area contributed by atoms with Crippen molar-refractivity contribution in [1.82, 2.24) is 4.90 Å². The van der Waals surface area contributed by atoms with E-state index in [4.69, 9.17) is 4.74 Å². The molecule has 1 aliphatic heterocycles. The number of ether oxygens (including phenoxy) is 1. The van der Waals surface area contributed by atoms with Crippen LogP contribution in [0, 0.1) is 23.2 Å². The zero-order valence-electron chi connectivity index (χ0n) is 16.6. The van der Waals surface area contributed by atoms with Crippen LogP contribution in [0.25, 0.3) is 0 Å². The molecular weight excluding hydrogens is 326 g/mol. The molecule has 6 unspecified atom stereocenters. The van der Waals surface area contributed by atoms with Crippen molar-refractivity contribution >= 4 is 5.97 Å². The molecule has 26 heavy (non-hydrogen) atoms. The minimum Gasteiger partial charge on any atom is -0.461 e. The number of carbonyl (C=O) groups excluding carboxylic acids is 1. The highest BCUT2D eigenvalue weighted by atomic mass is 16.6. The van der Waals surface area contributed by atoms with E-state index in [0.717, 1.165) is 25.8 Å². The summed E-state index contributed by atoms with van der Waals surface area (Å²) in [6, 6.07) is 0.580. The molecule has 0 aromatic heterocycles. The van der Waals surface area contributed by atoms with Crippen LogP contribution in [0.4, 0.5) is 0 Å². The summed E-state index contributed by atoms with van der Waals surface area (Å²) in [7, 11) is 2.15. The van der Waals surface area contributed by atoms with Crippen LogP contribution in [0.5, 0.6) is 0 Å². The highest BCUT2D eigenvalue weighted by molar-refractivity contribution is 5.76. The number of aliphatic hydroxyl groups is 1. The maximum absolute atomic E-state index is 12.7. The first-order valence-electron chi connectivity index (χ1n) is 10.7. The lowest BCUT2D eigenvalue weighted by atomic mass is 9.55. The standard InChI is InChI=1S/C22H35NO3/c1-14-8-7-9-15-12-18-19(20(24)22(14,15)2)17(21(25)26-18)13-23(3)16-10-5-4-6-11-16/h9,14,16-20,24H,4-8,10-13H2,1-3H3. The molecule has 0 aromatic rings. The minimum atomic E-state index is -0.487. The molecule has 2 saturated carbocycles. The molecule has 4 aliphatic rings. The van der Waals surface area contributed by atoms with Crippen molar-refractivity contribution in [3.8, 4) is 0 Å². The third-order valence-electron chi connectivity index (χ3n) is 8.25. The summed E-state index contributed by atoms with van der Waals surface area (Å²) in [5.74, 6) is 0.119. The van der Waals surface area contributed by atoms with Gasteiger partial charge in [-0.1, -0.05) is 44.8 Å². The zero-order chi connectivity index (χ0) is 18.5. The maximum atomic E-state index is 12.7. The van der Waals surface area contributed by atoms with Gasteiger partial charge in [-0.3, -0.25) is 4.79 Å². The van der Waals surface area contributed by atoms with Crippen LogP contribution >= 0.6 is 0 Å². The van der Waals surface area contributed by atoms with Crippen LogP contribution in [0.3, 0.4) is 0 Å². The predicted octanol–water partition coefficient (Wildman–Crippen LogP) is 3.54. The van der Waals surface area contributed by atoms with Gasteiger partial charge in [0.05, 0.1) is 12.0 Å². The molecule has 4 rings (SSSR count). The van der Waals surface area contributed by atoms with E-state index in [2.05, 4.69) is 31.9 Å². The van der Waals surface area contributed by atoms with Crippen LogP contribution in [0.15, 0.2) is 11.6 Å². The third kappa shape index (κ3) is 2.84. The zero-order valence-corrected chi connectivity index (χ0v) is 16.6. The molecule has 4 heteroatoms. The average molecular weight is 362 g/mol. The number of hydrogen-bond acceptors (Lipinski definition) is 4. The molecule has 4 nitrogen and oxygen atoms in total. The van der Waals surface area contributed by atoms with Gasteiger partial charge in [-0.25, -0.2) is 0 Å². The van der Waals surface area contributed by atoms with Gasteiger partial charge in [0.25, 0.3) is 0 Å². The second kappa shape index (κ2) is 6.94. The van der Waals surface area contributed by atoms with E-state index < -0.39 is 6.10 Å². The van der Waals surface area contributed by atoms with Gasteiger partial charge in [0.15, 0.2) is 0 Å². The fraction of sp³-hybridized carbons (Fsp3) is 0.864. The van der Waals surface area contributed by atoms with E-state index in [1.54, 1.807) is 0 Å². The Morgan fingerprint density at radius 2 is 2.00 bits per heavy atom. The van der Waals surface area contributed by atoms with Crippen molar-refractivity contribution in [3.63, 3.8) is 0 Å². The van der Waals surface area contributed by atoms with Crippen LogP contribution in [-0.4, -0.2) is 47.8 Å². The number of fused-ring (bicyclic) bond motifs is 2. The van der Waals surface area contributed by atoms with Crippen molar-refractivity contribution in [1.29, 1.82) is 0 Å². The molecule has 0 aromatic carbocycles. The lowest BCUT2D eigenvalue weighted by Gasteiger charge is -2.52. The first kappa shape index (κ1) is 18.5. The summed E-state index contributed by atoms with van der Waals surface area (Å²) >= 11 is 0. The second-order valence-electron chi connectivity index (χ2n) is 9.53. The average Bonchev–Trinajstić information content (AvgIpc) is 2.94. The molecule has 146 valence electrons. The summed E-state index contributed by atoms with van der Waals surface area (Å²) in [4.78, 5) is 15.1. The normalized spacial score (nSPS) is 43.7. The van der Waals surface area contributed by atoms with Crippen molar-refractivity contribution in [2.75, 3.05) is 13.6 Å². The molecule has 1 saturated heterocycles. The summed E-state index contributed by atoms with van der Waals surface area (Å²) in [6.45, 7) is 5.21. The van der Waals surface area contributed by atoms with Crippen LogP contribution < -0.4 is 0 Å². The van der Waals surface area contributed by atoms with Gasteiger partial charge >= 0.3 is 5.97 Å². The summed E-state index contributed by atoms with van der Waals surface area (Å²) < 4.78 is 5.80. The molecule has 0 spiro atoms. The van der Waals surface area contributed by atoms with Crippen LogP contribution in [-0.2, 0) is 9.53 Å². The Morgan fingerprint density at radius 3 is 2.73 bits per heavy atom. The van der Waals surface area contributed by atoms with E-state index in [9.17, 15) is 9.90 Å². The van der Waals surface area contributed by atoms with E-state index >= 15 is 0 Å². The first-order valence-corrected chi connectivity index (χ1v) is 10.7. The Bertz CT molecular complexity index is 582. The Morgan fingerprint density at radius 1 is 1.27 bits per heavy atom. The van der Waals surface area contributed by atoms with Gasteiger partial charge in [-0.05, 0) is 38.6 Å². The number of aliphatic hydroxyl groups excluding tert-OH is 1. The van der Waals surface area contributed by atoms with Gasteiger partial charge in [0.1, 0.15) is 6.10 Å². The number of esters is 1. The Kier molecular flexibility index (Phi) is 4.94. The predicted molar refractivity (Wildman–Crippen MR) is 102 cm³/mol. The number of nitrogens with zero attached hydrogens (tertiary/aromatic N) is 1. The van der Waals surface area contributed by atoms with Gasteiger partial charge in [0.2, 0.25) is 0 Å². The lowest BCUT2D eigenvalue weighted by Crippen LogP contribution is -2.55.